The lowest BCUT2D eigenvalue weighted by atomic mass is 10.3. The summed E-state index contributed by atoms with van der Waals surface area (Å²) in [5.74, 6) is -0.0296. The van der Waals surface area contributed by atoms with Gasteiger partial charge in [-0.2, -0.15) is 0 Å². The number of ether oxygens (including phenoxy) is 1. The van der Waals surface area contributed by atoms with Crippen molar-refractivity contribution in [3.05, 3.63) is 18.2 Å². The number of benzene rings is 1. The summed E-state index contributed by atoms with van der Waals surface area (Å²) in [4.78, 5) is -0.0932. The monoisotopic (exact) mass is 320 g/mol. The van der Waals surface area contributed by atoms with Crippen LogP contribution in [-0.4, -0.2) is 41.5 Å². The molecule has 20 heavy (non-hydrogen) atoms. The molecular formula is C11H16N2O5S2. The Labute approximate surface area is 118 Å². The van der Waals surface area contributed by atoms with E-state index in [-0.39, 0.29) is 34.3 Å². The van der Waals surface area contributed by atoms with Crippen LogP contribution in [0.3, 0.4) is 0 Å². The van der Waals surface area contributed by atoms with E-state index in [9.17, 15) is 16.8 Å². The average Bonchev–Trinajstić information content (AvgIpc) is 2.68. The topological polar surface area (TPSA) is 116 Å². The first kappa shape index (κ1) is 15.1. The van der Waals surface area contributed by atoms with Gasteiger partial charge in [0.05, 0.1) is 18.6 Å². The van der Waals surface area contributed by atoms with Gasteiger partial charge in [-0.1, -0.05) is 0 Å². The zero-order chi connectivity index (χ0) is 15.0. The first-order valence-corrected chi connectivity index (χ1v) is 9.20. The average molecular weight is 320 g/mol. The molecule has 1 aliphatic rings. The van der Waals surface area contributed by atoms with Crippen LogP contribution in [0, 0.1) is 0 Å². The van der Waals surface area contributed by atoms with E-state index in [0.717, 1.165) is 0 Å². The fourth-order valence-corrected chi connectivity index (χ4v) is 5.33. The van der Waals surface area contributed by atoms with Gasteiger partial charge in [-0.25, -0.2) is 21.6 Å². The molecule has 112 valence electrons. The number of hydrogen-bond acceptors (Lipinski definition) is 6. The van der Waals surface area contributed by atoms with Gasteiger partial charge in [0.1, 0.15) is 10.6 Å². The van der Waals surface area contributed by atoms with Gasteiger partial charge in [-0.05, 0) is 24.6 Å². The third-order valence-corrected chi connectivity index (χ3v) is 6.34. The molecule has 1 fully saturated rings. The molecule has 1 atom stereocenters. The summed E-state index contributed by atoms with van der Waals surface area (Å²) in [6.45, 7) is 0. The van der Waals surface area contributed by atoms with E-state index in [4.69, 9.17) is 10.5 Å². The van der Waals surface area contributed by atoms with E-state index >= 15 is 0 Å². The van der Waals surface area contributed by atoms with Gasteiger partial charge in [0.15, 0.2) is 9.84 Å². The number of sulfonamides is 1. The number of sulfone groups is 1. The minimum Gasteiger partial charge on any atom is -0.495 e. The number of methoxy groups -OCH3 is 1. The summed E-state index contributed by atoms with van der Waals surface area (Å²) in [6, 6.07) is 3.65. The standard InChI is InChI=1S/C11H16N2O5S2/c1-18-10-3-2-8(12)6-11(10)20(16,17)13-9-4-5-19(14,15)7-9/h2-3,6,9,13H,4-5,7,12H2,1H3. The Morgan fingerprint density at radius 2 is 2.10 bits per heavy atom. The lowest BCUT2D eigenvalue weighted by Crippen LogP contribution is -2.35. The van der Waals surface area contributed by atoms with Crippen LogP contribution < -0.4 is 15.2 Å². The Morgan fingerprint density at radius 3 is 2.65 bits per heavy atom. The number of nitrogens with two attached hydrogens (primary N) is 1. The Bertz CT molecular complexity index is 712. The van der Waals surface area contributed by atoms with Crippen LogP contribution in [0.1, 0.15) is 6.42 Å². The molecule has 0 spiro atoms. The van der Waals surface area contributed by atoms with Crippen LogP contribution in [0.5, 0.6) is 5.75 Å². The van der Waals surface area contributed by atoms with Gasteiger partial charge in [0.25, 0.3) is 0 Å². The molecule has 3 N–H and O–H groups in total. The van der Waals surface area contributed by atoms with Crippen LogP contribution in [0.25, 0.3) is 0 Å². The van der Waals surface area contributed by atoms with E-state index in [2.05, 4.69) is 4.72 Å². The van der Waals surface area contributed by atoms with Crippen molar-refractivity contribution in [2.24, 2.45) is 0 Å². The molecule has 2 rings (SSSR count). The highest BCUT2D eigenvalue weighted by molar-refractivity contribution is 7.92. The second-order valence-electron chi connectivity index (χ2n) is 4.63. The molecule has 1 unspecified atom stereocenters. The molecule has 0 aliphatic carbocycles. The SMILES string of the molecule is COc1ccc(N)cc1S(=O)(=O)NC1CCS(=O)(=O)C1. The highest BCUT2D eigenvalue weighted by atomic mass is 32.2. The molecule has 0 amide bonds. The maximum absolute atomic E-state index is 12.3. The number of anilines is 1. The minimum absolute atomic E-state index is 0.00570. The van der Waals surface area contributed by atoms with Crippen molar-refractivity contribution in [3.8, 4) is 5.75 Å². The summed E-state index contributed by atoms with van der Waals surface area (Å²) in [7, 11) is -5.68. The maximum atomic E-state index is 12.3. The smallest absolute Gasteiger partial charge is 0.244 e. The predicted molar refractivity (Wildman–Crippen MR) is 74.8 cm³/mol. The summed E-state index contributed by atoms with van der Waals surface area (Å²) in [6.07, 6.45) is 0.270. The second-order valence-corrected chi connectivity index (χ2v) is 8.54. The lowest BCUT2D eigenvalue weighted by molar-refractivity contribution is 0.402. The normalized spacial score (nSPS) is 21.8. The molecule has 1 aromatic carbocycles. The van der Waals surface area contributed by atoms with Crippen LogP contribution in [0.15, 0.2) is 23.1 Å². The van der Waals surface area contributed by atoms with E-state index in [1.54, 1.807) is 0 Å². The fourth-order valence-electron chi connectivity index (χ4n) is 2.07. The van der Waals surface area contributed by atoms with Crippen molar-refractivity contribution in [2.75, 3.05) is 24.3 Å². The molecule has 0 saturated carbocycles. The quantitative estimate of drug-likeness (QED) is 0.739. The maximum Gasteiger partial charge on any atom is 0.244 e. The van der Waals surface area contributed by atoms with E-state index in [0.29, 0.717) is 0 Å². The molecule has 1 saturated heterocycles. The predicted octanol–water partition coefficient (Wildman–Crippen LogP) is -0.257. The van der Waals surface area contributed by atoms with Gasteiger partial charge >= 0.3 is 0 Å². The summed E-state index contributed by atoms with van der Waals surface area (Å²) >= 11 is 0. The summed E-state index contributed by atoms with van der Waals surface area (Å²) in [5.41, 5.74) is 5.87. The van der Waals surface area contributed by atoms with Gasteiger partial charge in [-0.3, -0.25) is 0 Å². The molecule has 1 heterocycles. The summed E-state index contributed by atoms with van der Waals surface area (Å²) < 4.78 is 54.7. The zero-order valence-corrected chi connectivity index (χ0v) is 12.5. The number of nitrogens with one attached hydrogen (secondary N) is 1. The third-order valence-electron chi connectivity index (χ3n) is 3.03. The molecule has 9 heteroatoms. The molecule has 0 bridgehead atoms. The Hall–Kier alpha value is -1.32. The number of rotatable bonds is 4. The molecule has 0 radical (unpaired) electrons. The lowest BCUT2D eigenvalue weighted by Gasteiger charge is -2.14. The Kier molecular flexibility index (Phi) is 3.94. The Balaban J connectivity index is 2.29. The molecule has 0 aromatic heterocycles. The van der Waals surface area contributed by atoms with Crippen molar-refractivity contribution >= 4 is 25.5 Å². The fraction of sp³-hybridized carbons (Fsp3) is 0.455. The van der Waals surface area contributed by atoms with Gasteiger partial charge in [0.2, 0.25) is 10.0 Å². The number of hydrogen-bond donors (Lipinski definition) is 2. The van der Waals surface area contributed by atoms with E-state index < -0.39 is 25.9 Å². The molecular weight excluding hydrogens is 304 g/mol. The van der Waals surface area contributed by atoms with Crippen LogP contribution in [-0.2, 0) is 19.9 Å². The highest BCUT2D eigenvalue weighted by Gasteiger charge is 2.32. The van der Waals surface area contributed by atoms with Crippen molar-refractivity contribution in [3.63, 3.8) is 0 Å². The van der Waals surface area contributed by atoms with Crippen LogP contribution >= 0.6 is 0 Å². The number of nitrogen functional groups attached to an aromatic ring is 1. The van der Waals surface area contributed by atoms with E-state index in [1.165, 1.54) is 25.3 Å². The van der Waals surface area contributed by atoms with Crippen molar-refractivity contribution in [1.29, 1.82) is 0 Å². The molecule has 1 aromatic rings. The largest absolute Gasteiger partial charge is 0.495 e. The first-order chi connectivity index (χ1) is 9.23. The van der Waals surface area contributed by atoms with Crippen LogP contribution in [0.4, 0.5) is 5.69 Å². The van der Waals surface area contributed by atoms with Crippen molar-refractivity contribution in [2.45, 2.75) is 17.4 Å². The van der Waals surface area contributed by atoms with E-state index in [1.807, 2.05) is 0 Å². The van der Waals surface area contributed by atoms with Gasteiger partial charge in [0, 0.05) is 11.7 Å². The van der Waals surface area contributed by atoms with Crippen molar-refractivity contribution < 1.29 is 21.6 Å². The second kappa shape index (κ2) is 5.23. The molecule has 1 aliphatic heterocycles. The highest BCUT2D eigenvalue weighted by Crippen LogP contribution is 2.26. The third kappa shape index (κ3) is 3.22. The minimum atomic E-state index is -3.88. The van der Waals surface area contributed by atoms with Crippen LogP contribution in [0.2, 0.25) is 0 Å². The Morgan fingerprint density at radius 1 is 1.40 bits per heavy atom. The van der Waals surface area contributed by atoms with Gasteiger partial charge in [-0.15, -0.1) is 0 Å². The van der Waals surface area contributed by atoms with Crippen molar-refractivity contribution in [1.82, 2.24) is 4.72 Å². The summed E-state index contributed by atoms with van der Waals surface area (Å²) in [5, 5.41) is 0. The first-order valence-electron chi connectivity index (χ1n) is 5.90. The molecule has 7 nitrogen and oxygen atoms in total. The zero-order valence-electron chi connectivity index (χ0n) is 10.9. The van der Waals surface area contributed by atoms with Gasteiger partial charge < -0.3 is 10.5 Å².